The lowest BCUT2D eigenvalue weighted by atomic mass is 10.1. The molecule has 19 heavy (non-hydrogen) atoms. The van der Waals surface area contributed by atoms with Crippen LogP contribution in [0.3, 0.4) is 0 Å². The molecule has 0 aliphatic heterocycles. The standard InChI is InChI=1S/C15H14N4/c16-10-14-11-19(18-17-14)15-8-6-13(7-9-15)12-4-2-1-3-5-12/h1-9,11H,10,16H2. The van der Waals surface area contributed by atoms with Crippen molar-refractivity contribution in [2.75, 3.05) is 0 Å². The number of nitrogens with zero attached hydrogens (tertiary/aromatic N) is 3. The van der Waals surface area contributed by atoms with Gasteiger partial charge in [0.25, 0.3) is 0 Å². The zero-order chi connectivity index (χ0) is 13.1. The van der Waals surface area contributed by atoms with Gasteiger partial charge in [0.1, 0.15) is 0 Å². The minimum atomic E-state index is 0.405. The van der Waals surface area contributed by atoms with Crippen LogP contribution in [0.4, 0.5) is 0 Å². The first-order valence-corrected chi connectivity index (χ1v) is 6.14. The van der Waals surface area contributed by atoms with Crippen molar-refractivity contribution in [2.45, 2.75) is 6.54 Å². The predicted octanol–water partition coefficient (Wildman–Crippen LogP) is 2.39. The Bertz CT molecular complexity index is 656. The highest BCUT2D eigenvalue weighted by molar-refractivity contribution is 5.64. The second-order valence-electron chi connectivity index (χ2n) is 4.27. The summed E-state index contributed by atoms with van der Waals surface area (Å²) in [5, 5.41) is 8.03. The molecule has 94 valence electrons. The lowest BCUT2D eigenvalue weighted by Gasteiger charge is -2.03. The molecule has 0 spiro atoms. The Morgan fingerprint density at radius 3 is 2.21 bits per heavy atom. The van der Waals surface area contributed by atoms with Gasteiger partial charge < -0.3 is 5.73 Å². The fourth-order valence-electron chi connectivity index (χ4n) is 1.96. The zero-order valence-electron chi connectivity index (χ0n) is 10.4. The van der Waals surface area contributed by atoms with E-state index >= 15 is 0 Å². The summed E-state index contributed by atoms with van der Waals surface area (Å²) in [6.45, 7) is 0.405. The lowest BCUT2D eigenvalue weighted by Crippen LogP contribution is -1.96. The first-order chi connectivity index (χ1) is 9.36. The second-order valence-corrected chi connectivity index (χ2v) is 4.27. The Morgan fingerprint density at radius 1 is 0.895 bits per heavy atom. The van der Waals surface area contributed by atoms with Gasteiger partial charge in [-0.15, -0.1) is 5.10 Å². The van der Waals surface area contributed by atoms with E-state index in [4.69, 9.17) is 5.73 Å². The molecular formula is C15H14N4. The van der Waals surface area contributed by atoms with Crippen molar-refractivity contribution in [1.29, 1.82) is 0 Å². The number of benzene rings is 2. The van der Waals surface area contributed by atoms with E-state index in [0.717, 1.165) is 11.4 Å². The van der Waals surface area contributed by atoms with Crippen molar-refractivity contribution in [3.05, 3.63) is 66.5 Å². The van der Waals surface area contributed by atoms with Gasteiger partial charge >= 0.3 is 0 Å². The molecule has 0 aliphatic rings. The molecule has 0 saturated carbocycles. The van der Waals surface area contributed by atoms with Crippen LogP contribution >= 0.6 is 0 Å². The van der Waals surface area contributed by atoms with Gasteiger partial charge in [0.15, 0.2) is 0 Å². The molecule has 1 aromatic heterocycles. The monoisotopic (exact) mass is 250 g/mol. The average molecular weight is 250 g/mol. The molecule has 0 atom stereocenters. The van der Waals surface area contributed by atoms with Gasteiger partial charge in [-0.2, -0.15) is 0 Å². The molecule has 0 bridgehead atoms. The molecule has 3 rings (SSSR count). The molecule has 0 radical (unpaired) electrons. The van der Waals surface area contributed by atoms with Crippen LogP contribution < -0.4 is 5.73 Å². The summed E-state index contributed by atoms with van der Waals surface area (Å²) in [5.41, 5.74) is 9.68. The highest BCUT2D eigenvalue weighted by Gasteiger charge is 2.02. The average Bonchev–Trinajstić information content (AvgIpc) is 2.97. The van der Waals surface area contributed by atoms with Crippen molar-refractivity contribution in [3.8, 4) is 16.8 Å². The molecule has 2 aromatic carbocycles. The van der Waals surface area contributed by atoms with Gasteiger partial charge in [0.05, 0.1) is 17.6 Å². The van der Waals surface area contributed by atoms with Crippen LogP contribution in [0.2, 0.25) is 0 Å². The first kappa shape index (κ1) is 11.6. The predicted molar refractivity (Wildman–Crippen MR) is 74.7 cm³/mol. The molecule has 4 heteroatoms. The Balaban J connectivity index is 1.90. The van der Waals surface area contributed by atoms with Gasteiger partial charge in [0.2, 0.25) is 0 Å². The van der Waals surface area contributed by atoms with Crippen molar-refractivity contribution in [1.82, 2.24) is 15.0 Å². The third-order valence-electron chi connectivity index (χ3n) is 2.99. The summed E-state index contributed by atoms with van der Waals surface area (Å²) in [6, 6.07) is 18.5. The molecule has 2 N–H and O–H groups in total. The SMILES string of the molecule is NCc1cn(-c2ccc(-c3ccccc3)cc2)nn1. The summed E-state index contributed by atoms with van der Waals surface area (Å²) in [4.78, 5) is 0. The number of rotatable bonds is 3. The number of nitrogens with two attached hydrogens (primary N) is 1. The van der Waals surface area contributed by atoms with Crippen LogP contribution in [-0.2, 0) is 6.54 Å². The van der Waals surface area contributed by atoms with E-state index in [1.54, 1.807) is 4.68 Å². The van der Waals surface area contributed by atoms with E-state index in [0.29, 0.717) is 6.54 Å². The molecule has 0 saturated heterocycles. The van der Waals surface area contributed by atoms with Gasteiger partial charge in [-0.25, -0.2) is 4.68 Å². The van der Waals surface area contributed by atoms with E-state index in [1.165, 1.54) is 11.1 Å². The van der Waals surface area contributed by atoms with E-state index in [1.807, 2.05) is 36.5 Å². The van der Waals surface area contributed by atoms with Crippen molar-refractivity contribution >= 4 is 0 Å². The number of aromatic nitrogens is 3. The first-order valence-electron chi connectivity index (χ1n) is 6.14. The Morgan fingerprint density at radius 2 is 1.58 bits per heavy atom. The summed E-state index contributed by atoms with van der Waals surface area (Å²) in [6.07, 6.45) is 1.84. The molecule has 0 amide bonds. The molecule has 0 aliphatic carbocycles. The normalized spacial score (nSPS) is 10.6. The summed E-state index contributed by atoms with van der Waals surface area (Å²) < 4.78 is 1.73. The zero-order valence-corrected chi connectivity index (χ0v) is 10.4. The van der Waals surface area contributed by atoms with Crippen LogP contribution in [0.25, 0.3) is 16.8 Å². The van der Waals surface area contributed by atoms with E-state index in [-0.39, 0.29) is 0 Å². The molecule has 1 heterocycles. The van der Waals surface area contributed by atoms with Crippen molar-refractivity contribution in [2.24, 2.45) is 5.73 Å². The largest absolute Gasteiger partial charge is 0.325 e. The molecule has 4 nitrogen and oxygen atoms in total. The minimum absolute atomic E-state index is 0.405. The van der Waals surface area contributed by atoms with E-state index in [9.17, 15) is 0 Å². The Hall–Kier alpha value is -2.46. The quantitative estimate of drug-likeness (QED) is 0.776. The van der Waals surface area contributed by atoms with Crippen LogP contribution in [0.15, 0.2) is 60.8 Å². The molecule has 0 unspecified atom stereocenters. The molecular weight excluding hydrogens is 236 g/mol. The van der Waals surface area contributed by atoms with Crippen LogP contribution in [0.1, 0.15) is 5.69 Å². The minimum Gasteiger partial charge on any atom is -0.325 e. The van der Waals surface area contributed by atoms with Crippen molar-refractivity contribution < 1.29 is 0 Å². The van der Waals surface area contributed by atoms with E-state index in [2.05, 4.69) is 34.6 Å². The maximum absolute atomic E-state index is 5.53. The fourth-order valence-corrected chi connectivity index (χ4v) is 1.96. The highest BCUT2D eigenvalue weighted by Crippen LogP contribution is 2.20. The smallest absolute Gasteiger partial charge is 0.0967 e. The Labute approximate surface area is 111 Å². The van der Waals surface area contributed by atoms with Crippen molar-refractivity contribution in [3.63, 3.8) is 0 Å². The maximum Gasteiger partial charge on any atom is 0.0967 e. The van der Waals surface area contributed by atoms with Gasteiger partial charge in [-0.3, -0.25) is 0 Å². The maximum atomic E-state index is 5.53. The van der Waals surface area contributed by atoms with Crippen LogP contribution in [0, 0.1) is 0 Å². The fraction of sp³-hybridized carbons (Fsp3) is 0.0667. The summed E-state index contributed by atoms with van der Waals surface area (Å²) in [7, 11) is 0. The summed E-state index contributed by atoms with van der Waals surface area (Å²) in [5.74, 6) is 0. The lowest BCUT2D eigenvalue weighted by molar-refractivity contribution is 0.797. The van der Waals surface area contributed by atoms with Crippen LogP contribution in [-0.4, -0.2) is 15.0 Å². The third-order valence-corrected chi connectivity index (χ3v) is 2.99. The molecule has 0 fully saturated rings. The van der Waals surface area contributed by atoms with Gasteiger partial charge in [-0.1, -0.05) is 47.7 Å². The van der Waals surface area contributed by atoms with Crippen LogP contribution in [0.5, 0.6) is 0 Å². The third kappa shape index (κ3) is 2.39. The molecule has 3 aromatic rings. The van der Waals surface area contributed by atoms with Gasteiger partial charge in [0, 0.05) is 6.54 Å². The highest BCUT2D eigenvalue weighted by atomic mass is 15.4. The van der Waals surface area contributed by atoms with E-state index < -0.39 is 0 Å². The summed E-state index contributed by atoms with van der Waals surface area (Å²) >= 11 is 0. The Kier molecular flexibility index (Phi) is 3.08. The van der Waals surface area contributed by atoms with Gasteiger partial charge in [-0.05, 0) is 23.3 Å². The topological polar surface area (TPSA) is 56.7 Å². The number of hydrogen-bond donors (Lipinski definition) is 1. The second kappa shape index (κ2) is 5.04. The number of hydrogen-bond acceptors (Lipinski definition) is 3.